The molecule has 0 spiro atoms. The Morgan fingerprint density at radius 3 is 2.48 bits per heavy atom. The van der Waals surface area contributed by atoms with E-state index in [9.17, 15) is 13.2 Å². The van der Waals surface area contributed by atoms with Crippen molar-refractivity contribution in [2.24, 2.45) is 0 Å². The Kier molecular flexibility index (Phi) is 7.50. The standard InChI is InChI=1S/C21H19Cl2N3O4S/c1-30-20-9-8-17(11-19(20)23)25-21(27)14-26(13-15-4-6-16(22)7-5-15)31(28,29)18-3-2-10-24-12-18/h2-12H,13-14H2,1H3,(H,25,27). The van der Waals surface area contributed by atoms with E-state index in [0.717, 1.165) is 4.31 Å². The molecular formula is C21H19Cl2N3O4S. The molecule has 0 atom stereocenters. The highest BCUT2D eigenvalue weighted by Gasteiger charge is 2.27. The Bertz CT molecular complexity index is 1160. The first kappa shape index (κ1) is 23.0. The maximum absolute atomic E-state index is 13.2. The second kappa shape index (κ2) is 10.1. The third-order valence-electron chi connectivity index (χ3n) is 4.30. The van der Waals surface area contributed by atoms with Gasteiger partial charge in [-0.1, -0.05) is 35.3 Å². The van der Waals surface area contributed by atoms with Crippen molar-refractivity contribution in [3.63, 3.8) is 0 Å². The number of methoxy groups -OCH3 is 1. The van der Waals surface area contributed by atoms with Crippen LogP contribution in [0, 0.1) is 0 Å². The third-order valence-corrected chi connectivity index (χ3v) is 6.62. The number of nitrogens with zero attached hydrogens (tertiary/aromatic N) is 2. The molecule has 3 rings (SSSR count). The summed E-state index contributed by atoms with van der Waals surface area (Å²) in [5, 5.41) is 3.51. The van der Waals surface area contributed by atoms with Crippen molar-refractivity contribution in [1.82, 2.24) is 9.29 Å². The SMILES string of the molecule is COc1ccc(NC(=O)CN(Cc2ccc(Cl)cc2)S(=O)(=O)c2cccnc2)cc1Cl. The number of nitrogens with one attached hydrogen (secondary N) is 1. The average Bonchev–Trinajstić information content (AvgIpc) is 2.75. The molecule has 0 saturated heterocycles. The van der Waals surface area contributed by atoms with E-state index in [1.54, 1.807) is 36.4 Å². The minimum atomic E-state index is -3.98. The minimum Gasteiger partial charge on any atom is -0.495 e. The van der Waals surface area contributed by atoms with Gasteiger partial charge in [0.2, 0.25) is 15.9 Å². The van der Waals surface area contributed by atoms with Crippen LogP contribution in [-0.4, -0.2) is 37.3 Å². The molecule has 0 saturated carbocycles. The summed E-state index contributed by atoms with van der Waals surface area (Å²) in [5.74, 6) is -0.0640. The molecule has 0 unspecified atom stereocenters. The summed E-state index contributed by atoms with van der Waals surface area (Å²) in [6, 6.07) is 14.4. The number of ether oxygens (including phenoxy) is 1. The summed E-state index contributed by atoms with van der Waals surface area (Å²) in [7, 11) is -2.50. The van der Waals surface area contributed by atoms with Crippen molar-refractivity contribution in [3.8, 4) is 5.75 Å². The molecule has 0 aliphatic rings. The molecule has 10 heteroatoms. The Hall–Kier alpha value is -2.65. The first-order valence-corrected chi connectivity index (χ1v) is 11.3. The summed E-state index contributed by atoms with van der Waals surface area (Å²) in [4.78, 5) is 16.5. The lowest BCUT2D eigenvalue weighted by Gasteiger charge is -2.22. The van der Waals surface area contributed by atoms with Crippen LogP contribution in [0.5, 0.6) is 5.75 Å². The third kappa shape index (κ3) is 5.95. The van der Waals surface area contributed by atoms with Crippen molar-refractivity contribution in [1.29, 1.82) is 0 Å². The molecule has 0 aliphatic heterocycles. The Labute approximate surface area is 190 Å². The lowest BCUT2D eigenvalue weighted by Crippen LogP contribution is -2.37. The number of anilines is 1. The lowest BCUT2D eigenvalue weighted by molar-refractivity contribution is -0.116. The second-order valence-electron chi connectivity index (χ2n) is 6.49. The van der Waals surface area contributed by atoms with Gasteiger partial charge in [-0.05, 0) is 48.0 Å². The van der Waals surface area contributed by atoms with E-state index in [0.29, 0.717) is 27.0 Å². The van der Waals surface area contributed by atoms with Gasteiger partial charge in [-0.25, -0.2) is 8.42 Å². The Morgan fingerprint density at radius 2 is 1.87 bits per heavy atom. The number of sulfonamides is 1. The van der Waals surface area contributed by atoms with Crippen LogP contribution in [0.4, 0.5) is 5.69 Å². The zero-order valence-electron chi connectivity index (χ0n) is 16.5. The number of hydrogen-bond donors (Lipinski definition) is 1. The van der Waals surface area contributed by atoms with E-state index < -0.39 is 22.5 Å². The maximum atomic E-state index is 13.2. The zero-order chi connectivity index (χ0) is 22.4. The summed E-state index contributed by atoms with van der Waals surface area (Å²) >= 11 is 12.0. The quantitative estimate of drug-likeness (QED) is 0.522. The van der Waals surface area contributed by atoms with E-state index in [4.69, 9.17) is 27.9 Å². The molecule has 2 aromatic carbocycles. The molecule has 1 heterocycles. The molecule has 162 valence electrons. The molecule has 3 aromatic rings. The number of carbonyl (C=O) groups excluding carboxylic acids is 1. The van der Waals surface area contributed by atoms with Crippen molar-refractivity contribution in [2.45, 2.75) is 11.4 Å². The van der Waals surface area contributed by atoms with Gasteiger partial charge in [0.25, 0.3) is 0 Å². The predicted molar refractivity (Wildman–Crippen MR) is 120 cm³/mol. The number of pyridine rings is 1. The van der Waals surface area contributed by atoms with Gasteiger partial charge in [0, 0.05) is 29.6 Å². The fraction of sp³-hybridized carbons (Fsp3) is 0.143. The van der Waals surface area contributed by atoms with E-state index in [-0.39, 0.29) is 11.4 Å². The van der Waals surface area contributed by atoms with Gasteiger partial charge in [0.1, 0.15) is 10.6 Å². The highest BCUT2D eigenvalue weighted by atomic mass is 35.5. The van der Waals surface area contributed by atoms with Gasteiger partial charge >= 0.3 is 0 Å². The fourth-order valence-corrected chi connectivity index (χ4v) is 4.51. The van der Waals surface area contributed by atoms with E-state index in [1.165, 1.54) is 37.7 Å². The smallest absolute Gasteiger partial charge is 0.245 e. The summed E-state index contributed by atoms with van der Waals surface area (Å²) < 4.78 is 32.5. The number of aromatic nitrogens is 1. The Balaban J connectivity index is 1.84. The van der Waals surface area contributed by atoms with Crippen LogP contribution in [0.2, 0.25) is 10.0 Å². The normalized spacial score (nSPS) is 11.4. The van der Waals surface area contributed by atoms with E-state index in [1.807, 2.05) is 0 Å². The first-order valence-electron chi connectivity index (χ1n) is 9.07. The number of carbonyl (C=O) groups is 1. The molecule has 1 aromatic heterocycles. The van der Waals surface area contributed by atoms with Crippen molar-refractivity contribution >= 4 is 44.8 Å². The number of hydrogen-bond acceptors (Lipinski definition) is 5. The maximum Gasteiger partial charge on any atom is 0.245 e. The zero-order valence-corrected chi connectivity index (χ0v) is 18.8. The van der Waals surface area contributed by atoms with Crippen LogP contribution in [0.1, 0.15) is 5.56 Å². The highest BCUT2D eigenvalue weighted by molar-refractivity contribution is 7.89. The summed E-state index contributed by atoms with van der Waals surface area (Å²) in [5.41, 5.74) is 1.10. The summed E-state index contributed by atoms with van der Waals surface area (Å²) in [6.45, 7) is -0.436. The summed E-state index contributed by atoms with van der Waals surface area (Å²) in [6.07, 6.45) is 2.72. The first-order chi connectivity index (χ1) is 14.8. The molecule has 0 bridgehead atoms. The van der Waals surface area contributed by atoms with Crippen LogP contribution in [0.25, 0.3) is 0 Å². The number of rotatable bonds is 8. The van der Waals surface area contributed by atoms with Gasteiger partial charge in [-0.2, -0.15) is 4.31 Å². The molecule has 7 nitrogen and oxygen atoms in total. The number of amides is 1. The predicted octanol–water partition coefficient (Wildman–Crippen LogP) is 4.23. The van der Waals surface area contributed by atoms with Crippen molar-refractivity contribution in [2.75, 3.05) is 19.0 Å². The molecule has 0 fully saturated rings. The molecular weight excluding hydrogens is 461 g/mol. The van der Waals surface area contributed by atoms with Crippen LogP contribution in [0.3, 0.4) is 0 Å². The van der Waals surface area contributed by atoms with Crippen LogP contribution in [0.15, 0.2) is 71.9 Å². The topological polar surface area (TPSA) is 88.6 Å². The van der Waals surface area contributed by atoms with Gasteiger partial charge in [-0.3, -0.25) is 9.78 Å². The van der Waals surface area contributed by atoms with Crippen LogP contribution in [-0.2, 0) is 21.4 Å². The van der Waals surface area contributed by atoms with Gasteiger partial charge < -0.3 is 10.1 Å². The lowest BCUT2D eigenvalue weighted by atomic mass is 10.2. The molecule has 0 aliphatic carbocycles. The highest BCUT2D eigenvalue weighted by Crippen LogP contribution is 2.27. The van der Waals surface area contributed by atoms with Crippen LogP contribution < -0.4 is 10.1 Å². The van der Waals surface area contributed by atoms with E-state index >= 15 is 0 Å². The molecule has 1 amide bonds. The van der Waals surface area contributed by atoms with Gasteiger partial charge in [0.05, 0.1) is 18.7 Å². The fourth-order valence-electron chi connectivity index (χ4n) is 2.77. The molecule has 0 radical (unpaired) electrons. The molecule has 31 heavy (non-hydrogen) atoms. The number of benzene rings is 2. The number of halogens is 2. The van der Waals surface area contributed by atoms with Gasteiger partial charge in [-0.15, -0.1) is 0 Å². The minimum absolute atomic E-state index is 0.00995. The van der Waals surface area contributed by atoms with Crippen molar-refractivity contribution < 1.29 is 17.9 Å². The second-order valence-corrected chi connectivity index (χ2v) is 9.27. The van der Waals surface area contributed by atoms with Crippen LogP contribution >= 0.6 is 23.2 Å². The molecule has 1 N–H and O–H groups in total. The van der Waals surface area contributed by atoms with Gasteiger partial charge in [0.15, 0.2) is 0 Å². The largest absolute Gasteiger partial charge is 0.495 e. The Morgan fingerprint density at radius 1 is 1.13 bits per heavy atom. The van der Waals surface area contributed by atoms with E-state index in [2.05, 4.69) is 10.3 Å². The average molecular weight is 480 g/mol. The van der Waals surface area contributed by atoms with Crippen molar-refractivity contribution in [3.05, 3.63) is 82.6 Å². The monoisotopic (exact) mass is 479 g/mol.